The molecule has 0 aliphatic heterocycles. The van der Waals surface area contributed by atoms with Gasteiger partial charge in [0.25, 0.3) is 0 Å². The highest BCUT2D eigenvalue weighted by Gasteiger charge is 2.46. The summed E-state index contributed by atoms with van der Waals surface area (Å²) in [6.07, 6.45) is 3.15. The van der Waals surface area contributed by atoms with Crippen LogP contribution in [-0.4, -0.2) is 19.9 Å². The highest BCUT2D eigenvalue weighted by Crippen LogP contribution is 2.42. The third-order valence-electron chi connectivity index (χ3n) is 3.27. The van der Waals surface area contributed by atoms with Gasteiger partial charge in [0, 0.05) is 5.92 Å². The molecule has 16 heavy (non-hydrogen) atoms. The molecule has 5 nitrogen and oxygen atoms in total. The van der Waals surface area contributed by atoms with Gasteiger partial charge in [0.15, 0.2) is 0 Å². The van der Waals surface area contributed by atoms with E-state index >= 15 is 0 Å². The maximum Gasteiger partial charge on any atom is 0.362 e. The van der Waals surface area contributed by atoms with E-state index in [4.69, 9.17) is 4.18 Å². The third kappa shape index (κ3) is 2.74. The fourth-order valence-corrected chi connectivity index (χ4v) is 2.90. The SMILES string of the molecule is CC[C@@H]1CC1C(=O)NS(=O)(=O)OC1(C)CC1. The molecule has 0 aromatic carbocycles. The Kier molecular flexibility index (Phi) is 2.74. The average Bonchev–Trinajstić information content (AvgIpc) is 3.00. The van der Waals surface area contributed by atoms with Gasteiger partial charge >= 0.3 is 10.3 Å². The Hall–Kier alpha value is -0.620. The summed E-state index contributed by atoms with van der Waals surface area (Å²) in [6.45, 7) is 3.72. The van der Waals surface area contributed by atoms with E-state index in [2.05, 4.69) is 0 Å². The van der Waals surface area contributed by atoms with Crippen LogP contribution >= 0.6 is 0 Å². The van der Waals surface area contributed by atoms with Crippen molar-refractivity contribution in [2.45, 2.75) is 45.1 Å². The Morgan fingerprint density at radius 2 is 2.12 bits per heavy atom. The molecule has 0 saturated heterocycles. The highest BCUT2D eigenvalue weighted by molar-refractivity contribution is 7.85. The normalized spacial score (nSPS) is 30.9. The summed E-state index contributed by atoms with van der Waals surface area (Å²) in [6, 6.07) is 0. The van der Waals surface area contributed by atoms with Crippen LogP contribution in [0.4, 0.5) is 0 Å². The van der Waals surface area contributed by atoms with Gasteiger partial charge in [-0.15, -0.1) is 0 Å². The van der Waals surface area contributed by atoms with E-state index in [9.17, 15) is 13.2 Å². The Morgan fingerprint density at radius 3 is 2.56 bits per heavy atom. The molecule has 2 saturated carbocycles. The zero-order valence-electron chi connectivity index (χ0n) is 9.52. The van der Waals surface area contributed by atoms with Crippen LogP contribution < -0.4 is 4.72 Å². The minimum atomic E-state index is -3.91. The Balaban J connectivity index is 1.86. The lowest BCUT2D eigenvalue weighted by atomic mass is 10.2. The maximum atomic E-state index is 11.5. The molecule has 1 amide bonds. The Labute approximate surface area is 95.8 Å². The molecular weight excluding hydrogens is 230 g/mol. The summed E-state index contributed by atoms with van der Waals surface area (Å²) in [7, 11) is -3.91. The standard InChI is InChI=1S/C10H17NO4S/c1-3-7-6-8(7)9(12)11-16(13,14)15-10(2)4-5-10/h7-8H,3-6H2,1-2H3,(H,11,12)/t7-,8?/m1/s1. The van der Waals surface area contributed by atoms with Gasteiger partial charge < -0.3 is 0 Å². The van der Waals surface area contributed by atoms with Crippen LogP contribution in [0.3, 0.4) is 0 Å². The number of rotatable bonds is 5. The second-order valence-electron chi connectivity index (χ2n) is 4.96. The highest BCUT2D eigenvalue weighted by atomic mass is 32.2. The lowest BCUT2D eigenvalue weighted by Crippen LogP contribution is -2.35. The van der Waals surface area contributed by atoms with Gasteiger partial charge in [-0.25, -0.2) is 8.91 Å². The van der Waals surface area contributed by atoms with E-state index in [0.29, 0.717) is 5.92 Å². The topological polar surface area (TPSA) is 72.5 Å². The number of amides is 1. The van der Waals surface area contributed by atoms with E-state index in [0.717, 1.165) is 25.7 Å². The van der Waals surface area contributed by atoms with Crippen molar-refractivity contribution in [3.05, 3.63) is 0 Å². The molecule has 92 valence electrons. The van der Waals surface area contributed by atoms with Gasteiger partial charge in [0.2, 0.25) is 5.91 Å². The summed E-state index contributed by atoms with van der Waals surface area (Å²) >= 11 is 0. The van der Waals surface area contributed by atoms with Crippen molar-refractivity contribution in [3.63, 3.8) is 0 Å². The van der Waals surface area contributed by atoms with Crippen LogP contribution in [0.25, 0.3) is 0 Å². The fourth-order valence-electron chi connectivity index (χ4n) is 1.76. The number of carbonyl (C=O) groups is 1. The van der Waals surface area contributed by atoms with Crippen molar-refractivity contribution in [1.29, 1.82) is 0 Å². The number of hydrogen-bond donors (Lipinski definition) is 1. The van der Waals surface area contributed by atoms with E-state index in [-0.39, 0.29) is 5.92 Å². The molecule has 2 atom stereocenters. The van der Waals surface area contributed by atoms with Crippen molar-refractivity contribution in [2.24, 2.45) is 11.8 Å². The first-order valence-corrected chi connectivity index (χ1v) is 7.03. The second kappa shape index (κ2) is 3.70. The average molecular weight is 247 g/mol. The van der Waals surface area contributed by atoms with E-state index in [1.165, 1.54) is 0 Å². The monoisotopic (exact) mass is 247 g/mol. The van der Waals surface area contributed by atoms with Crippen molar-refractivity contribution < 1.29 is 17.4 Å². The summed E-state index contributed by atoms with van der Waals surface area (Å²) in [5.41, 5.74) is -0.584. The van der Waals surface area contributed by atoms with Crippen LogP contribution in [0.15, 0.2) is 0 Å². The molecule has 0 bridgehead atoms. The Bertz CT molecular complexity index is 399. The molecule has 0 spiro atoms. The third-order valence-corrected chi connectivity index (χ3v) is 4.35. The van der Waals surface area contributed by atoms with Crippen molar-refractivity contribution in [1.82, 2.24) is 4.72 Å². The van der Waals surface area contributed by atoms with E-state index < -0.39 is 21.8 Å². The second-order valence-corrected chi connectivity index (χ2v) is 6.24. The quantitative estimate of drug-likeness (QED) is 0.785. The first kappa shape index (κ1) is 11.9. The molecule has 0 heterocycles. The van der Waals surface area contributed by atoms with Crippen LogP contribution in [-0.2, 0) is 19.3 Å². The van der Waals surface area contributed by atoms with E-state index in [1.54, 1.807) is 6.92 Å². The fraction of sp³-hybridized carbons (Fsp3) is 0.900. The van der Waals surface area contributed by atoms with Gasteiger partial charge in [-0.1, -0.05) is 13.3 Å². The van der Waals surface area contributed by atoms with Crippen LogP contribution in [0.2, 0.25) is 0 Å². The summed E-state index contributed by atoms with van der Waals surface area (Å²) in [5, 5.41) is 0. The summed E-state index contributed by atoms with van der Waals surface area (Å²) in [5.74, 6) is -0.224. The molecule has 6 heteroatoms. The molecule has 0 aromatic heterocycles. The molecule has 0 radical (unpaired) electrons. The van der Waals surface area contributed by atoms with Crippen molar-refractivity contribution >= 4 is 16.2 Å². The van der Waals surface area contributed by atoms with Gasteiger partial charge in [-0.3, -0.25) is 4.79 Å². The molecule has 1 N–H and O–H groups in total. The first-order valence-electron chi connectivity index (χ1n) is 5.62. The minimum Gasteiger partial charge on any atom is -0.274 e. The van der Waals surface area contributed by atoms with Gasteiger partial charge in [-0.2, -0.15) is 8.42 Å². The lowest BCUT2D eigenvalue weighted by molar-refractivity contribution is -0.121. The van der Waals surface area contributed by atoms with Crippen molar-refractivity contribution in [3.8, 4) is 0 Å². The molecule has 2 aliphatic rings. The number of carbonyl (C=O) groups excluding carboxylic acids is 1. The summed E-state index contributed by atoms with van der Waals surface area (Å²) < 4.78 is 29.8. The molecule has 1 unspecified atom stereocenters. The van der Waals surface area contributed by atoms with E-state index in [1.807, 2.05) is 11.6 Å². The van der Waals surface area contributed by atoms with Gasteiger partial charge in [0.1, 0.15) is 0 Å². The molecule has 2 rings (SSSR count). The number of nitrogens with one attached hydrogen (secondary N) is 1. The lowest BCUT2D eigenvalue weighted by Gasteiger charge is -2.11. The van der Waals surface area contributed by atoms with Crippen LogP contribution in [0, 0.1) is 11.8 Å². The molecule has 2 fully saturated rings. The number of hydrogen-bond acceptors (Lipinski definition) is 4. The Morgan fingerprint density at radius 1 is 1.50 bits per heavy atom. The predicted octanol–water partition coefficient (Wildman–Crippen LogP) is 0.963. The van der Waals surface area contributed by atoms with Crippen molar-refractivity contribution in [2.75, 3.05) is 0 Å². The van der Waals surface area contributed by atoms with Crippen LogP contribution in [0.5, 0.6) is 0 Å². The molecule has 2 aliphatic carbocycles. The zero-order chi connectivity index (χ0) is 12.0. The smallest absolute Gasteiger partial charge is 0.274 e. The summed E-state index contributed by atoms with van der Waals surface area (Å²) in [4.78, 5) is 11.5. The molecule has 0 aromatic rings. The van der Waals surface area contributed by atoms with Gasteiger partial charge in [-0.05, 0) is 32.1 Å². The minimum absolute atomic E-state index is 0.143. The van der Waals surface area contributed by atoms with Gasteiger partial charge in [0.05, 0.1) is 5.60 Å². The van der Waals surface area contributed by atoms with Crippen LogP contribution in [0.1, 0.15) is 39.5 Å². The largest absolute Gasteiger partial charge is 0.362 e. The predicted molar refractivity (Wildman–Crippen MR) is 57.7 cm³/mol. The maximum absolute atomic E-state index is 11.5. The molecular formula is C10H17NO4S. The first-order chi connectivity index (χ1) is 7.35. The zero-order valence-corrected chi connectivity index (χ0v) is 10.3.